The van der Waals surface area contributed by atoms with E-state index in [0.717, 1.165) is 30.3 Å². The van der Waals surface area contributed by atoms with Crippen LogP contribution in [-0.2, 0) is 11.2 Å². The minimum Gasteiger partial charge on any atom is -0.374 e. The number of aromatic nitrogens is 1. The molecule has 2 aliphatic rings. The summed E-state index contributed by atoms with van der Waals surface area (Å²) in [5, 5.41) is 4.15. The van der Waals surface area contributed by atoms with Crippen molar-refractivity contribution in [3.05, 3.63) is 74.4 Å². The molecule has 0 aliphatic carbocycles. The lowest BCUT2D eigenvalue weighted by Crippen LogP contribution is -2.51. The van der Waals surface area contributed by atoms with Crippen LogP contribution in [0.1, 0.15) is 48.4 Å². The number of nitrogens with zero attached hydrogens (tertiary/aromatic N) is 3. The zero-order valence-corrected chi connectivity index (χ0v) is 23.1. The summed E-state index contributed by atoms with van der Waals surface area (Å²) in [5.41, 5.74) is 1.92. The van der Waals surface area contributed by atoms with Gasteiger partial charge in [0.05, 0.1) is 23.7 Å². The third-order valence-electron chi connectivity index (χ3n) is 7.89. The number of anilines is 1. The highest BCUT2D eigenvalue weighted by Crippen LogP contribution is 2.31. The topological polar surface area (TPSA) is 88.8 Å². The average molecular weight is 554 g/mol. The van der Waals surface area contributed by atoms with Crippen molar-refractivity contribution in [2.45, 2.75) is 39.3 Å². The number of hydrogen-bond acceptors (Lipinski definition) is 5. The highest BCUT2D eigenvalue weighted by Gasteiger charge is 2.28. The van der Waals surface area contributed by atoms with E-state index in [1.54, 1.807) is 15.9 Å². The molecule has 206 valence electrons. The molecule has 2 aromatic carbocycles. The number of rotatable bonds is 5. The molecule has 0 unspecified atom stereocenters. The number of carbonyl (C=O) groups is 2. The molecule has 1 saturated heterocycles. The lowest BCUT2D eigenvalue weighted by molar-refractivity contribution is -0.131. The van der Waals surface area contributed by atoms with Crippen LogP contribution in [0.2, 0.25) is 5.02 Å². The smallest absolute Gasteiger partial charge is 0.270 e. The highest BCUT2D eigenvalue weighted by molar-refractivity contribution is 6.30. The summed E-state index contributed by atoms with van der Waals surface area (Å²) in [6.45, 7) is 9.33. The number of pyridine rings is 1. The van der Waals surface area contributed by atoms with Gasteiger partial charge in [0.15, 0.2) is 0 Å². The Kier molecular flexibility index (Phi) is 7.64. The molecule has 0 spiro atoms. The van der Waals surface area contributed by atoms with E-state index in [2.05, 4.69) is 29.0 Å². The molecule has 0 radical (unpaired) electrons. The van der Waals surface area contributed by atoms with E-state index >= 15 is 0 Å². The van der Waals surface area contributed by atoms with E-state index in [1.165, 1.54) is 6.07 Å². The van der Waals surface area contributed by atoms with E-state index in [0.29, 0.717) is 42.5 Å². The molecule has 1 atom stereocenters. The predicted molar refractivity (Wildman–Crippen MR) is 151 cm³/mol. The normalized spacial score (nSPS) is 17.9. The summed E-state index contributed by atoms with van der Waals surface area (Å²) < 4.78 is 14.9. The van der Waals surface area contributed by atoms with Crippen LogP contribution in [0.3, 0.4) is 0 Å². The summed E-state index contributed by atoms with van der Waals surface area (Å²) in [4.78, 5) is 47.4. The van der Waals surface area contributed by atoms with Crippen molar-refractivity contribution in [2.24, 2.45) is 0 Å². The summed E-state index contributed by atoms with van der Waals surface area (Å²) in [6.07, 6.45) is 0.697. The molecule has 2 N–H and O–H groups in total. The molecular weight excluding hydrogens is 521 g/mol. The first kappa shape index (κ1) is 27.1. The van der Waals surface area contributed by atoms with Gasteiger partial charge in [-0.25, -0.2) is 4.39 Å². The van der Waals surface area contributed by atoms with Crippen molar-refractivity contribution in [3.63, 3.8) is 0 Å². The Morgan fingerprint density at radius 3 is 2.56 bits per heavy atom. The van der Waals surface area contributed by atoms with Gasteiger partial charge in [0.25, 0.3) is 11.5 Å². The van der Waals surface area contributed by atoms with Crippen LogP contribution in [0.4, 0.5) is 10.1 Å². The van der Waals surface area contributed by atoms with Gasteiger partial charge >= 0.3 is 0 Å². The van der Waals surface area contributed by atoms with E-state index < -0.39 is 11.4 Å². The number of amides is 2. The fourth-order valence-corrected chi connectivity index (χ4v) is 5.76. The standard InChI is InChI=1S/C29H33ClFN5O3/c1-17(2)34-8-10-35(11-9-34)29(39)26-14-20-13-25(24(31)15-23(20)28(38)33-26)32-16-27(37)36-7-6-19-12-21(30)4-5-22(19)18(36)3/h4-5,12-15,17-18,32H,6-11,16H2,1-3H3,(H,33,38)/t18-/m0/s1. The maximum atomic E-state index is 14.9. The number of halogens is 2. The van der Waals surface area contributed by atoms with Gasteiger partial charge in [-0.1, -0.05) is 17.7 Å². The van der Waals surface area contributed by atoms with Gasteiger partial charge in [-0.05, 0) is 74.0 Å². The lowest BCUT2D eigenvalue weighted by Gasteiger charge is -2.36. The number of carbonyl (C=O) groups excluding carboxylic acids is 2. The molecule has 0 saturated carbocycles. The molecule has 1 fully saturated rings. The Hall–Kier alpha value is -3.43. The molecule has 8 nitrogen and oxygen atoms in total. The van der Waals surface area contributed by atoms with Crippen LogP contribution >= 0.6 is 11.6 Å². The number of piperazine rings is 1. The zero-order chi connectivity index (χ0) is 27.8. The fourth-order valence-electron chi connectivity index (χ4n) is 5.56. The molecule has 2 aliphatic heterocycles. The van der Waals surface area contributed by atoms with Crippen molar-refractivity contribution in [3.8, 4) is 0 Å². The average Bonchev–Trinajstić information content (AvgIpc) is 2.91. The molecule has 5 rings (SSSR count). The molecule has 3 aromatic rings. The Bertz CT molecular complexity index is 1480. The number of hydrogen-bond donors (Lipinski definition) is 2. The molecule has 1 aromatic heterocycles. The zero-order valence-electron chi connectivity index (χ0n) is 22.4. The number of aromatic amines is 1. The Balaban J connectivity index is 1.31. The van der Waals surface area contributed by atoms with Crippen molar-refractivity contribution < 1.29 is 14.0 Å². The van der Waals surface area contributed by atoms with E-state index in [4.69, 9.17) is 11.6 Å². The molecule has 3 heterocycles. The van der Waals surface area contributed by atoms with Gasteiger partial charge in [0, 0.05) is 43.8 Å². The van der Waals surface area contributed by atoms with Crippen LogP contribution in [0.15, 0.2) is 41.2 Å². The largest absolute Gasteiger partial charge is 0.374 e. The number of nitrogens with one attached hydrogen (secondary N) is 2. The monoisotopic (exact) mass is 553 g/mol. The number of fused-ring (bicyclic) bond motifs is 2. The second kappa shape index (κ2) is 11.0. The maximum absolute atomic E-state index is 14.9. The van der Waals surface area contributed by atoms with Crippen molar-refractivity contribution in [2.75, 3.05) is 44.6 Å². The maximum Gasteiger partial charge on any atom is 0.270 e. The quantitative estimate of drug-likeness (QED) is 0.498. The third kappa shape index (κ3) is 5.51. The van der Waals surface area contributed by atoms with E-state index in [9.17, 15) is 18.8 Å². The molecular formula is C29H33ClFN5O3. The first-order chi connectivity index (χ1) is 18.6. The lowest BCUT2D eigenvalue weighted by atomic mass is 9.93. The summed E-state index contributed by atoms with van der Waals surface area (Å²) in [7, 11) is 0. The van der Waals surface area contributed by atoms with Crippen LogP contribution in [-0.4, -0.2) is 76.8 Å². The van der Waals surface area contributed by atoms with Crippen LogP contribution in [0.25, 0.3) is 10.8 Å². The Morgan fingerprint density at radius 1 is 1.10 bits per heavy atom. The van der Waals surface area contributed by atoms with Crippen LogP contribution < -0.4 is 10.9 Å². The van der Waals surface area contributed by atoms with Gasteiger partial charge in [0.1, 0.15) is 11.5 Å². The van der Waals surface area contributed by atoms with Gasteiger partial charge in [-0.15, -0.1) is 0 Å². The first-order valence-corrected chi connectivity index (χ1v) is 13.7. The highest BCUT2D eigenvalue weighted by atomic mass is 35.5. The van der Waals surface area contributed by atoms with Gasteiger partial charge in [-0.3, -0.25) is 19.3 Å². The fraction of sp³-hybridized carbons (Fsp3) is 0.414. The predicted octanol–water partition coefficient (Wildman–Crippen LogP) is 4.04. The summed E-state index contributed by atoms with van der Waals surface area (Å²) in [6, 6.07) is 10.2. The molecule has 2 amide bonds. The van der Waals surface area contributed by atoms with Gasteiger partial charge < -0.3 is 20.1 Å². The van der Waals surface area contributed by atoms with Crippen molar-refractivity contribution in [1.82, 2.24) is 19.7 Å². The van der Waals surface area contributed by atoms with Crippen LogP contribution in [0, 0.1) is 5.82 Å². The second-order valence-electron chi connectivity index (χ2n) is 10.6. The number of H-pyrrole nitrogens is 1. The number of benzene rings is 2. The van der Waals surface area contributed by atoms with E-state index in [1.807, 2.05) is 25.1 Å². The molecule has 10 heteroatoms. The second-order valence-corrected chi connectivity index (χ2v) is 11.0. The minimum atomic E-state index is -0.642. The van der Waals surface area contributed by atoms with Gasteiger partial charge in [0.2, 0.25) is 5.91 Å². The summed E-state index contributed by atoms with van der Waals surface area (Å²) >= 11 is 6.12. The Morgan fingerprint density at radius 2 is 1.85 bits per heavy atom. The van der Waals surface area contributed by atoms with Crippen molar-refractivity contribution in [1.29, 1.82) is 0 Å². The summed E-state index contributed by atoms with van der Waals surface area (Å²) in [5.74, 6) is -1.06. The van der Waals surface area contributed by atoms with Crippen LogP contribution in [0.5, 0.6) is 0 Å². The Labute approximate surface area is 231 Å². The minimum absolute atomic E-state index is 0.0993. The molecule has 0 bridgehead atoms. The van der Waals surface area contributed by atoms with Gasteiger partial charge in [-0.2, -0.15) is 0 Å². The van der Waals surface area contributed by atoms with E-state index in [-0.39, 0.29) is 41.2 Å². The van der Waals surface area contributed by atoms with Crippen molar-refractivity contribution >= 4 is 39.9 Å². The SMILES string of the molecule is CC(C)N1CCN(C(=O)c2cc3cc(NCC(=O)N4CCc5cc(Cl)ccc5[C@@H]4C)c(F)cc3c(=O)[nH]2)CC1. The third-order valence-corrected chi connectivity index (χ3v) is 8.12. The molecule has 39 heavy (non-hydrogen) atoms. The first-order valence-electron chi connectivity index (χ1n) is 13.3.